The Morgan fingerprint density at radius 3 is 2.89 bits per heavy atom. The van der Waals surface area contributed by atoms with Crippen LogP contribution in [0.1, 0.15) is 36.8 Å². The minimum Gasteiger partial charge on any atom is -0.493 e. The van der Waals surface area contributed by atoms with Crippen molar-refractivity contribution < 1.29 is 9.47 Å². The van der Waals surface area contributed by atoms with Gasteiger partial charge in [-0.15, -0.1) is 0 Å². The van der Waals surface area contributed by atoms with Gasteiger partial charge < -0.3 is 15.2 Å². The highest BCUT2D eigenvalue weighted by atomic mass is 16.5. The summed E-state index contributed by atoms with van der Waals surface area (Å²) in [6, 6.07) is 6.92. The smallest absolute Gasteiger partial charge is 0.122 e. The minimum absolute atomic E-state index is 0.400. The summed E-state index contributed by atoms with van der Waals surface area (Å²) in [5, 5.41) is 0. The summed E-state index contributed by atoms with van der Waals surface area (Å²) in [6.45, 7) is 1.65. The molecule has 1 aliphatic heterocycles. The van der Waals surface area contributed by atoms with Gasteiger partial charge in [0, 0.05) is 12.5 Å². The maximum Gasteiger partial charge on any atom is 0.122 e. The van der Waals surface area contributed by atoms with Gasteiger partial charge in [-0.2, -0.15) is 0 Å². The summed E-state index contributed by atoms with van der Waals surface area (Å²) in [6.07, 6.45) is 6.94. The first-order valence-corrected chi connectivity index (χ1v) is 7.43. The van der Waals surface area contributed by atoms with Gasteiger partial charge in [-0.05, 0) is 49.3 Å². The van der Waals surface area contributed by atoms with Crippen molar-refractivity contribution in [2.75, 3.05) is 13.2 Å². The van der Waals surface area contributed by atoms with Crippen LogP contribution in [-0.2, 0) is 17.6 Å². The second kappa shape index (κ2) is 5.93. The molecule has 0 radical (unpaired) electrons. The van der Waals surface area contributed by atoms with Crippen LogP contribution in [0, 0.1) is 0 Å². The van der Waals surface area contributed by atoms with Crippen LogP contribution in [0.4, 0.5) is 0 Å². The Morgan fingerprint density at radius 2 is 2.05 bits per heavy atom. The van der Waals surface area contributed by atoms with Gasteiger partial charge in [0.25, 0.3) is 0 Å². The number of fused-ring (bicyclic) bond motifs is 1. The molecule has 0 saturated heterocycles. The lowest BCUT2D eigenvalue weighted by Crippen LogP contribution is -2.30. The average Bonchev–Trinajstić information content (AvgIpc) is 2.88. The Hall–Kier alpha value is -1.06. The molecule has 0 atom stereocenters. The van der Waals surface area contributed by atoms with Crippen LogP contribution in [0.25, 0.3) is 0 Å². The predicted octanol–water partition coefficient (Wildman–Crippen LogP) is 2.45. The van der Waals surface area contributed by atoms with Gasteiger partial charge in [0.05, 0.1) is 19.3 Å². The average molecular weight is 261 g/mol. The van der Waals surface area contributed by atoms with Crippen molar-refractivity contribution in [1.29, 1.82) is 0 Å². The summed E-state index contributed by atoms with van der Waals surface area (Å²) in [5.74, 6) is 1.06. The van der Waals surface area contributed by atoms with Gasteiger partial charge in [0.2, 0.25) is 0 Å². The molecule has 1 aliphatic carbocycles. The van der Waals surface area contributed by atoms with Crippen molar-refractivity contribution in [3.05, 3.63) is 29.3 Å². The third-order valence-corrected chi connectivity index (χ3v) is 4.22. The van der Waals surface area contributed by atoms with Crippen molar-refractivity contribution in [1.82, 2.24) is 0 Å². The predicted molar refractivity (Wildman–Crippen MR) is 75.5 cm³/mol. The van der Waals surface area contributed by atoms with Crippen LogP contribution in [0.5, 0.6) is 5.75 Å². The van der Waals surface area contributed by atoms with Crippen molar-refractivity contribution >= 4 is 0 Å². The fraction of sp³-hybridized carbons (Fsp3) is 0.625. The number of hydrogen-bond acceptors (Lipinski definition) is 3. The first kappa shape index (κ1) is 12.9. The molecule has 0 aromatic heterocycles. The number of ether oxygens (including phenoxy) is 2. The molecule has 104 valence electrons. The zero-order valence-corrected chi connectivity index (χ0v) is 11.4. The molecular formula is C16H23NO2. The van der Waals surface area contributed by atoms with Crippen LogP contribution in [-0.4, -0.2) is 25.4 Å². The SMILES string of the molecule is NC1CCC(OCCc2ccc3c(c2)CCO3)CC1. The van der Waals surface area contributed by atoms with E-state index in [1.807, 2.05) is 0 Å². The molecule has 1 aromatic carbocycles. The summed E-state index contributed by atoms with van der Waals surface area (Å²) in [7, 11) is 0. The monoisotopic (exact) mass is 261 g/mol. The van der Waals surface area contributed by atoms with E-state index in [0.717, 1.165) is 57.5 Å². The second-order valence-electron chi connectivity index (χ2n) is 5.70. The maximum absolute atomic E-state index is 5.97. The minimum atomic E-state index is 0.400. The molecule has 3 nitrogen and oxygen atoms in total. The molecule has 0 spiro atoms. The van der Waals surface area contributed by atoms with E-state index < -0.39 is 0 Å². The molecule has 3 rings (SSSR count). The molecular weight excluding hydrogens is 238 g/mol. The molecule has 1 saturated carbocycles. The molecule has 0 amide bonds. The lowest BCUT2D eigenvalue weighted by atomic mass is 9.94. The van der Waals surface area contributed by atoms with Crippen LogP contribution < -0.4 is 10.5 Å². The lowest BCUT2D eigenvalue weighted by Gasteiger charge is -2.26. The van der Waals surface area contributed by atoms with E-state index in [4.69, 9.17) is 15.2 Å². The molecule has 2 aliphatic rings. The molecule has 0 unspecified atom stereocenters. The Morgan fingerprint density at radius 1 is 1.21 bits per heavy atom. The van der Waals surface area contributed by atoms with Crippen LogP contribution in [0.3, 0.4) is 0 Å². The fourth-order valence-electron chi connectivity index (χ4n) is 2.99. The second-order valence-corrected chi connectivity index (χ2v) is 5.70. The maximum atomic E-state index is 5.97. The van der Waals surface area contributed by atoms with Gasteiger partial charge in [0.1, 0.15) is 5.75 Å². The van der Waals surface area contributed by atoms with Gasteiger partial charge in [-0.25, -0.2) is 0 Å². The van der Waals surface area contributed by atoms with Gasteiger partial charge >= 0.3 is 0 Å². The molecule has 0 bridgehead atoms. The van der Waals surface area contributed by atoms with E-state index in [1.165, 1.54) is 11.1 Å². The van der Waals surface area contributed by atoms with Crippen LogP contribution >= 0.6 is 0 Å². The standard InChI is InChI=1S/C16H23NO2/c17-14-2-4-15(5-3-14)18-9-7-12-1-6-16-13(11-12)8-10-19-16/h1,6,11,14-15H,2-5,7-10,17H2. The number of rotatable bonds is 4. The van der Waals surface area contributed by atoms with Crippen LogP contribution in [0.15, 0.2) is 18.2 Å². The normalized spacial score (nSPS) is 25.9. The highest BCUT2D eigenvalue weighted by Crippen LogP contribution is 2.26. The quantitative estimate of drug-likeness (QED) is 0.905. The molecule has 19 heavy (non-hydrogen) atoms. The summed E-state index contributed by atoms with van der Waals surface area (Å²) in [4.78, 5) is 0. The van der Waals surface area contributed by atoms with Gasteiger partial charge in [-0.1, -0.05) is 12.1 Å². The fourth-order valence-corrected chi connectivity index (χ4v) is 2.99. The molecule has 3 heteroatoms. The van der Waals surface area contributed by atoms with E-state index in [0.29, 0.717) is 12.1 Å². The van der Waals surface area contributed by atoms with E-state index in [1.54, 1.807) is 0 Å². The van der Waals surface area contributed by atoms with Crippen LogP contribution in [0.2, 0.25) is 0 Å². The highest BCUT2D eigenvalue weighted by molar-refractivity contribution is 5.39. The zero-order chi connectivity index (χ0) is 13.1. The lowest BCUT2D eigenvalue weighted by molar-refractivity contribution is 0.0270. The van der Waals surface area contributed by atoms with Gasteiger partial charge in [-0.3, -0.25) is 0 Å². The van der Waals surface area contributed by atoms with E-state index in [2.05, 4.69) is 18.2 Å². The molecule has 1 aromatic rings. The Kier molecular flexibility index (Phi) is 4.04. The summed E-state index contributed by atoms with van der Waals surface area (Å²) in [5.41, 5.74) is 8.61. The van der Waals surface area contributed by atoms with Crippen molar-refractivity contribution in [2.24, 2.45) is 5.73 Å². The first-order chi connectivity index (χ1) is 9.31. The highest BCUT2D eigenvalue weighted by Gasteiger charge is 2.18. The topological polar surface area (TPSA) is 44.5 Å². The first-order valence-electron chi connectivity index (χ1n) is 7.43. The zero-order valence-electron chi connectivity index (χ0n) is 11.4. The Balaban J connectivity index is 1.45. The Labute approximate surface area is 115 Å². The summed E-state index contributed by atoms with van der Waals surface area (Å²) >= 11 is 0. The number of nitrogens with two attached hydrogens (primary N) is 1. The molecule has 2 N–H and O–H groups in total. The molecule has 1 heterocycles. The third-order valence-electron chi connectivity index (χ3n) is 4.22. The Bertz CT molecular complexity index is 425. The van der Waals surface area contributed by atoms with E-state index >= 15 is 0 Å². The summed E-state index contributed by atoms with van der Waals surface area (Å²) < 4.78 is 11.5. The van der Waals surface area contributed by atoms with Crippen molar-refractivity contribution in [3.8, 4) is 5.75 Å². The molecule has 1 fully saturated rings. The van der Waals surface area contributed by atoms with Crippen molar-refractivity contribution in [3.63, 3.8) is 0 Å². The largest absolute Gasteiger partial charge is 0.493 e. The van der Waals surface area contributed by atoms with Gasteiger partial charge in [0.15, 0.2) is 0 Å². The van der Waals surface area contributed by atoms with E-state index in [-0.39, 0.29) is 0 Å². The van der Waals surface area contributed by atoms with E-state index in [9.17, 15) is 0 Å². The number of benzene rings is 1. The number of hydrogen-bond donors (Lipinski definition) is 1. The third kappa shape index (κ3) is 3.28. The van der Waals surface area contributed by atoms with Crippen molar-refractivity contribution in [2.45, 2.75) is 50.7 Å².